The zero-order valence-corrected chi connectivity index (χ0v) is 15.9. The van der Waals surface area contributed by atoms with Crippen LogP contribution in [0.2, 0.25) is 5.02 Å². The molecule has 0 aliphatic carbocycles. The van der Waals surface area contributed by atoms with E-state index in [0.717, 1.165) is 10.8 Å². The number of methoxy groups -OCH3 is 1. The molecule has 8 nitrogen and oxygen atoms in total. The Labute approximate surface area is 170 Å². The minimum absolute atomic E-state index is 0.0909. The third kappa shape index (κ3) is 4.61. The summed E-state index contributed by atoms with van der Waals surface area (Å²) in [6.45, 7) is -0.640. The molecule has 29 heavy (non-hydrogen) atoms. The maximum Gasteiger partial charge on any atom is 0.342 e. The third-order valence-corrected chi connectivity index (χ3v) is 4.29. The van der Waals surface area contributed by atoms with E-state index in [4.69, 9.17) is 21.1 Å². The Morgan fingerprint density at radius 1 is 1.10 bits per heavy atom. The van der Waals surface area contributed by atoms with Crippen LogP contribution < -0.4 is 10.1 Å². The number of benzene rings is 3. The van der Waals surface area contributed by atoms with Gasteiger partial charge in [-0.2, -0.15) is 0 Å². The Morgan fingerprint density at radius 3 is 2.45 bits per heavy atom. The maximum absolute atomic E-state index is 12.4. The molecule has 148 valence electrons. The van der Waals surface area contributed by atoms with Gasteiger partial charge in [0.2, 0.25) is 0 Å². The predicted molar refractivity (Wildman–Crippen MR) is 108 cm³/mol. The lowest BCUT2D eigenvalue weighted by molar-refractivity contribution is -0.383. The van der Waals surface area contributed by atoms with Crippen molar-refractivity contribution in [2.75, 3.05) is 19.0 Å². The summed E-state index contributed by atoms with van der Waals surface area (Å²) in [6.07, 6.45) is 0. The molecule has 0 aliphatic heterocycles. The number of nitrogens with one attached hydrogen (secondary N) is 1. The van der Waals surface area contributed by atoms with Gasteiger partial charge in [-0.25, -0.2) is 4.79 Å². The minimum Gasteiger partial charge on any atom is -0.496 e. The molecule has 0 bridgehead atoms. The third-order valence-electron chi connectivity index (χ3n) is 4.05. The molecule has 0 unspecified atom stereocenters. The fourth-order valence-corrected chi connectivity index (χ4v) is 2.88. The average Bonchev–Trinajstić information content (AvgIpc) is 2.70. The predicted octanol–water partition coefficient (Wildman–Crippen LogP) is 4.21. The van der Waals surface area contributed by atoms with E-state index < -0.39 is 23.4 Å². The maximum atomic E-state index is 12.4. The van der Waals surface area contributed by atoms with Crippen LogP contribution in [0.5, 0.6) is 5.75 Å². The van der Waals surface area contributed by atoms with Gasteiger partial charge in [-0.05, 0) is 35.0 Å². The van der Waals surface area contributed by atoms with Gasteiger partial charge in [-0.3, -0.25) is 14.9 Å². The number of rotatable bonds is 6. The van der Waals surface area contributed by atoms with Crippen LogP contribution in [0, 0.1) is 10.1 Å². The summed E-state index contributed by atoms with van der Waals surface area (Å²) in [5.74, 6) is -1.20. The Hall–Kier alpha value is -3.65. The first-order chi connectivity index (χ1) is 13.9. The standard InChI is InChI=1S/C20H15ClN2O6/c1-28-18-9-13-5-3-2-4-12(13)8-15(18)20(25)29-11-19(24)22-16-10-14(21)6-7-17(16)23(26)27/h2-10H,11H2,1H3,(H,22,24). The molecule has 0 saturated carbocycles. The number of nitrogens with zero attached hydrogens (tertiary/aromatic N) is 1. The monoisotopic (exact) mass is 414 g/mol. The summed E-state index contributed by atoms with van der Waals surface area (Å²) < 4.78 is 10.3. The molecule has 0 aliphatic rings. The number of hydrogen-bond donors (Lipinski definition) is 1. The number of nitro groups is 1. The summed E-state index contributed by atoms with van der Waals surface area (Å²) in [6, 6.07) is 14.4. The summed E-state index contributed by atoms with van der Waals surface area (Å²) in [7, 11) is 1.42. The molecule has 3 aromatic rings. The zero-order valence-electron chi connectivity index (χ0n) is 15.2. The van der Waals surface area contributed by atoms with Crippen LogP contribution in [0.25, 0.3) is 10.8 Å². The van der Waals surface area contributed by atoms with E-state index in [0.29, 0.717) is 5.75 Å². The van der Waals surface area contributed by atoms with Crippen molar-refractivity contribution in [2.45, 2.75) is 0 Å². The molecule has 1 N–H and O–H groups in total. The number of nitro benzene ring substituents is 1. The molecular formula is C20H15ClN2O6. The highest BCUT2D eigenvalue weighted by Gasteiger charge is 2.19. The summed E-state index contributed by atoms with van der Waals surface area (Å²) in [5, 5.41) is 15.3. The van der Waals surface area contributed by atoms with Gasteiger partial charge in [-0.15, -0.1) is 0 Å². The number of amides is 1. The normalized spacial score (nSPS) is 10.4. The molecule has 9 heteroatoms. The summed E-state index contributed by atoms with van der Waals surface area (Å²) >= 11 is 5.82. The van der Waals surface area contributed by atoms with Crippen LogP contribution in [-0.2, 0) is 9.53 Å². The average molecular weight is 415 g/mol. The van der Waals surface area contributed by atoms with Crippen molar-refractivity contribution in [1.29, 1.82) is 0 Å². The van der Waals surface area contributed by atoms with Crippen molar-refractivity contribution in [2.24, 2.45) is 0 Å². The van der Waals surface area contributed by atoms with Crippen molar-refractivity contribution in [3.8, 4) is 5.75 Å². The van der Waals surface area contributed by atoms with Crippen molar-refractivity contribution >= 4 is 45.6 Å². The SMILES string of the molecule is COc1cc2ccccc2cc1C(=O)OCC(=O)Nc1cc(Cl)ccc1[N+](=O)[O-]. The molecule has 3 aromatic carbocycles. The highest BCUT2D eigenvalue weighted by atomic mass is 35.5. The second-order valence-electron chi connectivity index (χ2n) is 5.94. The fraction of sp³-hybridized carbons (Fsp3) is 0.100. The van der Waals surface area contributed by atoms with Gasteiger partial charge in [0.1, 0.15) is 17.0 Å². The minimum atomic E-state index is -0.761. The lowest BCUT2D eigenvalue weighted by atomic mass is 10.1. The Morgan fingerprint density at radius 2 is 1.79 bits per heavy atom. The van der Waals surface area contributed by atoms with E-state index in [1.807, 2.05) is 24.3 Å². The lowest BCUT2D eigenvalue weighted by Crippen LogP contribution is -2.21. The van der Waals surface area contributed by atoms with Crippen molar-refractivity contribution in [3.63, 3.8) is 0 Å². The van der Waals surface area contributed by atoms with Crippen LogP contribution in [0.3, 0.4) is 0 Å². The number of fused-ring (bicyclic) bond motifs is 1. The van der Waals surface area contributed by atoms with Crippen molar-refractivity contribution in [1.82, 2.24) is 0 Å². The van der Waals surface area contributed by atoms with Crippen LogP contribution in [0.1, 0.15) is 10.4 Å². The molecule has 0 heterocycles. The first-order valence-corrected chi connectivity index (χ1v) is 8.74. The summed E-state index contributed by atoms with van der Waals surface area (Å²) in [5.41, 5.74) is -0.259. The van der Waals surface area contributed by atoms with Crippen LogP contribution in [0.15, 0.2) is 54.6 Å². The van der Waals surface area contributed by atoms with Gasteiger partial charge in [0.15, 0.2) is 6.61 Å². The smallest absolute Gasteiger partial charge is 0.342 e. The number of carbonyl (C=O) groups is 2. The van der Waals surface area contributed by atoms with E-state index in [9.17, 15) is 19.7 Å². The van der Waals surface area contributed by atoms with E-state index >= 15 is 0 Å². The fourth-order valence-electron chi connectivity index (χ4n) is 2.71. The number of carbonyl (C=O) groups excluding carboxylic acids is 2. The lowest BCUT2D eigenvalue weighted by Gasteiger charge is -2.11. The Bertz CT molecular complexity index is 1120. The molecule has 0 saturated heterocycles. The van der Waals surface area contributed by atoms with E-state index in [1.165, 1.54) is 25.3 Å². The topological polar surface area (TPSA) is 108 Å². The van der Waals surface area contributed by atoms with Gasteiger partial charge < -0.3 is 14.8 Å². The second kappa shape index (κ2) is 8.57. The van der Waals surface area contributed by atoms with Crippen molar-refractivity contribution < 1.29 is 24.0 Å². The van der Waals surface area contributed by atoms with Gasteiger partial charge in [-0.1, -0.05) is 35.9 Å². The number of ether oxygens (including phenoxy) is 2. The molecule has 3 rings (SSSR count). The molecule has 0 fully saturated rings. The number of anilines is 1. The molecule has 0 aromatic heterocycles. The van der Waals surface area contributed by atoms with Crippen LogP contribution in [-0.4, -0.2) is 30.5 Å². The zero-order chi connectivity index (χ0) is 21.0. The second-order valence-corrected chi connectivity index (χ2v) is 6.38. The van der Waals surface area contributed by atoms with E-state index in [-0.39, 0.29) is 22.0 Å². The largest absolute Gasteiger partial charge is 0.496 e. The van der Waals surface area contributed by atoms with Crippen molar-refractivity contribution in [3.05, 3.63) is 75.3 Å². The number of hydrogen-bond acceptors (Lipinski definition) is 6. The van der Waals surface area contributed by atoms with Gasteiger partial charge in [0, 0.05) is 11.1 Å². The Balaban J connectivity index is 1.73. The van der Waals surface area contributed by atoms with E-state index in [1.54, 1.807) is 12.1 Å². The van der Waals surface area contributed by atoms with Crippen LogP contribution in [0.4, 0.5) is 11.4 Å². The number of halogens is 1. The van der Waals surface area contributed by atoms with E-state index in [2.05, 4.69) is 5.32 Å². The quantitative estimate of drug-likeness (QED) is 0.368. The first kappa shape index (κ1) is 20.1. The van der Waals surface area contributed by atoms with Gasteiger partial charge >= 0.3 is 5.97 Å². The first-order valence-electron chi connectivity index (χ1n) is 8.36. The molecule has 0 radical (unpaired) electrons. The highest BCUT2D eigenvalue weighted by Crippen LogP contribution is 2.28. The molecule has 1 amide bonds. The molecule has 0 atom stereocenters. The molecular weight excluding hydrogens is 400 g/mol. The number of esters is 1. The van der Waals surface area contributed by atoms with Crippen LogP contribution >= 0.6 is 11.6 Å². The van der Waals surface area contributed by atoms with Gasteiger partial charge in [0.25, 0.3) is 11.6 Å². The molecule has 0 spiro atoms. The van der Waals surface area contributed by atoms with Gasteiger partial charge in [0.05, 0.1) is 12.0 Å². The highest BCUT2D eigenvalue weighted by molar-refractivity contribution is 6.31. The Kier molecular flexibility index (Phi) is 5.94. The summed E-state index contributed by atoms with van der Waals surface area (Å²) in [4.78, 5) is 35.0.